The Morgan fingerprint density at radius 2 is 1.90 bits per heavy atom. The van der Waals surface area contributed by atoms with E-state index in [1.165, 1.54) is 0 Å². The van der Waals surface area contributed by atoms with Crippen LogP contribution >= 0.6 is 11.9 Å². The van der Waals surface area contributed by atoms with Gasteiger partial charge >= 0.3 is 0 Å². The van der Waals surface area contributed by atoms with Crippen LogP contribution in [0.25, 0.3) is 0 Å². The van der Waals surface area contributed by atoms with Crippen LogP contribution in [0.5, 0.6) is 0 Å². The molecule has 0 spiro atoms. The molecule has 1 N–H and O–H groups in total. The minimum Gasteiger partial charge on any atom is -0.284 e. The fourth-order valence-electron chi connectivity index (χ4n) is 0.556. The molecule has 0 aromatic heterocycles. The molecule has 0 aliphatic carbocycles. The molecule has 0 radical (unpaired) electrons. The Morgan fingerprint density at radius 3 is 2.00 bits per heavy atom. The second-order valence-corrected chi connectivity index (χ2v) is 3.71. The summed E-state index contributed by atoms with van der Waals surface area (Å²) in [5, 5.41) is 0.891. The van der Waals surface area contributed by atoms with Crippen molar-refractivity contribution >= 4 is 17.0 Å². The lowest BCUT2D eigenvalue weighted by atomic mass is 9.99. The van der Waals surface area contributed by atoms with E-state index in [2.05, 4.69) is 9.51 Å². The van der Waals surface area contributed by atoms with Crippen molar-refractivity contribution in [2.24, 2.45) is 14.9 Å². The van der Waals surface area contributed by atoms with Crippen LogP contribution in [0.1, 0.15) is 20.8 Å². The van der Waals surface area contributed by atoms with Crippen molar-refractivity contribution in [2.75, 3.05) is 7.05 Å². The van der Waals surface area contributed by atoms with Gasteiger partial charge in [-0.05, 0) is 0 Å². The first-order valence-electron chi connectivity index (χ1n) is 3.03. The van der Waals surface area contributed by atoms with Crippen molar-refractivity contribution in [1.82, 2.24) is 0 Å². The van der Waals surface area contributed by atoms with E-state index in [4.69, 9.17) is 5.53 Å². The molecule has 0 rings (SSSR count). The number of hydrogen-bond acceptors (Lipinski definition) is 4. The van der Waals surface area contributed by atoms with Crippen LogP contribution in [0, 0.1) is 10.9 Å². The first kappa shape index (κ1) is 9.62. The molecule has 0 saturated heterocycles. The lowest BCUT2D eigenvalue weighted by Gasteiger charge is -2.17. The van der Waals surface area contributed by atoms with E-state index in [1.54, 1.807) is 7.05 Å². The summed E-state index contributed by atoms with van der Waals surface area (Å²) in [5.74, 6) is 0. The summed E-state index contributed by atoms with van der Waals surface area (Å²) in [6, 6.07) is 0. The zero-order valence-electron chi connectivity index (χ0n) is 6.80. The van der Waals surface area contributed by atoms with Gasteiger partial charge in [-0.15, -0.1) is 4.52 Å². The van der Waals surface area contributed by atoms with Gasteiger partial charge in [-0.3, -0.25) is 4.99 Å². The highest BCUT2D eigenvalue weighted by molar-refractivity contribution is 8.12. The summed E-state index contributed by atoms with van der Waals surface area (Å²) in [6.07, 6.45) is 0. The zero-order valence-corrected chi connectivity index (χ0v) is 7.62. The molecule has 0 aromatic carbocycles. The van der Waals surface area contributed by atoms with E-state index in [-0.39, 0.29) is 5.41 Å². The number of nitrogens with zero attached hydrogens (tertiary/aromatic N) is 2. The molecular weight excluding hydrogens is 146 g/mol. The Kier molecular flexibility index (Phi) is 3.57. The third kappa shape index (κ3) is 2.96. The summed E-state index contributed by atoms with van der Waals surface area (Å²) in [6.45, 7) is 6.15. The monoisotopic (exact) mass is 159 g/mol. The maximum absolute atomic E-state index is 6.62. The molecule has 0 saturated carbocycles. The predicted molar refractivity (Wildman–Crippen MR) is 45.6 cm³/mol. The van der Waals surface area contributed by atoms with E-state index in [0.29, 0.717) is 0 Å². The van der Waals surface area contributed by atoms with Gasteiger partial charge in [0.1, 0.15) is 0 Å². The molecule has 0 fully saturated rings. The maximum Gasteiger partial charge on any atom is 0.0971 e. The topological polar surface area (TPSA) is 48.6 Å². The van der Waals surface area contributed by atoms with Gasteiger partial charge < -0.3 is 0 Å². The summed E-state index contributed by atoms with van der Waals surface area (Å²) in [4.78, 5) is 4.01. The van der Waals surface area contributed by atoms with Crippen LogP contribution in [0.4, 0.5) is 0 Å². The van der Waals surface area contributed by atoms with Crippen molar-refractivity contribution in [2.45, 2.75) is 20.8 Å². The van der Waals surface area contributed by atoms with Crippen LogP contribution in [0.15, 0.2) is 9.51 Å². The number of rotatable bonds is 1. The molecule has 0 atom stereocenters. The quantitative estimate of drug-likeness (QED) is 0.272. The first-order chi connectivity index (χ1) is 4.52. The third-order valence-corrected chi connectivity index (χ3v) is 2.04. The Labute approximate surface area is 66.0 Å². The van der Waals surface area contributed by atoms with Gasteiger partial charge in [0.25, 0.3) is 0 Å². The van der Waals surface area contributed by atoms with Crippen molar-refractivity contribution in [3.8, 4) is 0 Å². The molecule has 0 heterocycles. The van der Waals surface area contributed by atoms with Crippen molar-refractivity contribution in [1.29, 1.82) is 5.53 Å². The van der Waals surface area contributed by atoms with Crippen molar-refractivity contribution < 1.29 is 0 Å². The largest absolute Gasteiger partial charge is 0.284 e. The molecule has 10 heavy (non-hydrogen) atoms. The molecule has 0 aliphatic heterocycles. The van der Waals surface area contributed by atoms with E-state index in [9.17, 15) is 0 Å². The Morgan fingerprint density at radius 1 is 1.40 bits per heavy atom. The molecule has 0 aromatic rings. The molecule has 4 heteroatoms. The maximum atomic E-state index is 6.62. The van der Waals surface area contributed by atoms with Gasteiger partial charge in [0.05, 0.1) is 5.04 Å². The van der Waals surface area contributed by atoms with Gasteiger partial charge in [0.15, 0.2) is 0 Å². The summed E-state index contributed by atoms with van der Waals surface area (Å²) in [7, 11) is 1.72. The SMILES string of the molecule is C/N=C(\SN=N)C(C)(C)C. The molecule has 3 nitrogen and oxygen atoms in total. The van der Waals surface area contributed by atoms with Crippen molar-refractivity contribution in [3.63, 3.8) is 0 Å². The number of aliphatic imine (C=N–C) groups is 1. The highest BCUT2D eigenvalue weighted by atomic mass is 32.2. The average molecular weight is 159 g/mol. The lowest BCUT2D eigenvalue weighted by molar-refractivity contribution is 0.601. The molecule has 0 bridgehead atoms. The molecule has 0 unspecified atom stereocenters. The van der Waals surface area contributed by atoms with Gasteiger partial charge in [0.2, 0.25) is 0 Å². The van der Waals surface area contributed by atoms with E-state index in [1.807, 2.05) is 20.8 Å². The normalized spacial score (nSPS) is 13.4. The lowest BCUT2D eigenvalue weighted by Crippen LogP contribution is -2.15. The Bertz CT molecular complexity index is 146. The fraction of sp³-hybridized carbons (Fsp3) is 0.833. The molecular formula is C6H13N3S. The van der Waals surface area contributed by atoms with Crippen LogP contribution < -0.4 is 0 Å². The Balaban J connectivity index is 4.23. The highest BCUT2D eigenvalue weighted by Gasteiger charge is 2.18. The summed E-state index contributed by atoms with van der Waals surface area (Å²) in [5.41, 5.74) is 6.64. The minimum absolute atomic E-state index is 0.0178. The Hall–Kier alpha value is -0.380. The molecule has 0 amide bonds. The second-order valence-electron chi connectivity index (χ2n) is 2.96. The van der Waals surface area contributed by atoms with E-state index >= 15 is 0 Å². The van der Waals surface area contributed by atoms with Crippen LogP contribution in [-0.4, -0.2) is 12.1 Å². The first-order valence-corrected chi connectivity index (χ1v) is 3.80. The fourth-order valence-corrected chi connectivity index (χ4v) is 0.998. The van der Waals surface area contributed by atoms with Crippen LogP contribution in [0.2, 0.25) is 0 Å². The second kappa shape index (κ2) is 3.71. The minimum atomic E-state index is 0.0178. The van der Waals surface area contributed by atoms with E-state index in [0.717, 1.165) is 17.0 Å². The number of hydrogen-bond donors (Lipinski definition) is 1. The smallest absolute Gasteiger partial charge is 0.0971 e. The highest BCUT2D eigenvalue weighted by Crippen LogP contribution is 2.24. The summed E-state index contributed by atoms with van der Waals surface area (Å²) < 4.78 is 3.21. The zero-order chi connectivity index (χ0) is 8.20. The van der Waals surface area contributed by atoms with Crippen molar-refractivity contribution in [3.05, 3.63) is 0 Å². The average Bonchev–Trinajstić information content (AvgIpc) is 1.80. The van der Waals surface area contributed by atoms with Gasteiger partial charge in [0, 0.05) is 24.4 Å². The van der Waals surface area contributed by atoms with Gasteiger partial charge in [-0.2, -0.15) is 5.53 Å². The van der Waals surface area contributed by atoms with E-state index < -0.39 is 0 Å². The third-order valence-electron chi connectivity index (χ3n) is 0.977. The summed E-state index contributed by atoms with van der Waals surface area (Å²) >= 11 is 1.12. The standard InChI is InChI=1S/C6H13N3S/c1-6(2,3)5(8-4)10-9-7/h7H,1-4H3/b8-5-,9-7?. The van der Waals surface area contributed by atoms with Crippen LogP contribution in [-0.2, 0) is 0 Å². The van der Waals surface area contributed by atoms with Gasteiger partial charge in [-0.25, -0.2) is 0 Å². The number of nitrogens with one attached hydrogen (secondary N) is 1. The van der Waals surface area contributed by atoms with Gasteiger partial charge in [-0.1, -0.05) is 20.8 Å². The van der Waals surface area contributed by atoms with Crippen LogP contribution in [0.3, 0.4) is 0 Å². The predicted octanol–water partition coefficient (Wildman–Crippen LogP) is 2.74. The molecule has 0 aliphatic rings. The molecule has 58 valence electrons.